The first-order valence-corrected chi connectivity index (χ1v) is 7.10. The molecule has 1 aromatic carbocycles. The third kappa shape index (κ3) is 2.30. The Hall–Kier alpha value is -1.84. The molecule has 0 aliphatic heterocycles. The lowest BCUT2D eigenvalue weighted by atomic mass is 9.95. The maximum atomic E-state index is 11.2. The molecule has 2 aromatic rings. The van der Waals surface area contributed by atoms with E-state index in [9.17, 15) is 4.79 Å². The topological polar surface area (TPSA) is 55.1 Å². The molecular weight excluding hydrogens is 252 g/mol. The van der Waals surface area contributed by atoms with Crippen molar-refractivity contribution in [2.75, 3.05) is 0 Å². The Balaban J connectivity index is 2.20. The molecule has 1 fully saturated rings. The average Bonchev–Trinajstić information content (AvgIpc) is 3.08. The summed E-state index contributed by atoms with van der Waals surface area (Å²) in [6, 6.07) is 5.20. The maximum absolute atomic E-state index is 11.2. The van der Waals surface area contributed by atoms with Crippen molar-refractivity contribution in [1.82, 2.24) is 9.55 Å². The van der Waals surface area contributed by atoms with Crippen molar-refractivity contribution in [1.29, 1.82) is 0 Å². The van der Waals surface area contributed by atoms with Crippen LogP contribution in [0.15, 0.2) is 18.2 Å². The van der Waals surface area contributed by atoms with Crippen LogP contribution in [0.3, 0.4) is 0 Å². The molecule has 1 N–H and O–H groups in total. The number of imidazole rings is 1. The van der Waals surface area contributed by atoms with E-state index in [1.54, 1.807) is 12.1 Å². The van der Waals surface area contributed by atoms with Crippen LogP contribution in [0, 0.1) is 5.92 Å². The number of carboxylic acid groups (broad SMARTS) is 1. The number of benzene rings is 1. The lowest BCUT2D eigenvalue weighted by molar-refractivity contribution is 0.0697. The number of aromatic nitrogens is 2. The van der Waals surface area contributed by atoms with E-state index < -0.39 is 5.97 Å². The molecule has 0 bridgehead atoms. The average molecular weight is 272 g/mol. The normalized spacial score (nSPS) is 15.8. The Bertz CT molecular complexity index is 676. The molecule has 1 aliphatic carbocycles. The Morgan fingerprint density at radius 1 is 1.40 bits per heavy atom. The number of fused-ring (bicyclic) bond motifs is 1. The zero-order valence-corrected chi connectivity index (χ0v) is 12.2. The lowest BCUT2D eigenvalue weighted by Crippen LogP contribution is -2.19. The van der Waals surface area contributed by atoms with Crippen molar-refractivity contribution in [3.05, 3.63) is 29.6 Å². The van der Waals surface area contributed by atoms with Gasteiger partial charge in [-0.1, -0.05) is 20.8 Å². The van der Waals surface area contributed by atoms with Crippen molar-refractivity contribution in [2.45, 2.75) is 45.6 Å². The van der Waals surface area contributed by atoms with Gasteiger partial charge in [0.05, 0.1) is 16.6 Å². The predicted octanol–water partition coefficient (Wildman–Crippen LogP) is 3.44. The van der Waals surface area contributed by atoms with Gasteiger partial charge in [0.15, 0.2) is 0 Å². The molecule has 0 saturated heterocycles. The summed E-state index contributed by atoms with van der Waals surface area (Å²) < 4.78 is 2.22. The van der Waals surface area contributed by atoms with Gasteiger partial charge in [0.1, 0.15) is 5.82 Å². The summed E-state index contributed by atoms with van der Waals surface area (Å²) in [5, 5.41) is 9.17. The smallest absolute Gasteiger partial charge is 0.335 e. The first-order valence-electron chi connectivity index (χ1n) is 7.10. The molecule has 106 valence electrons. The fourth-order valence-corrected chi connectivity index (χ4v) is 2.57. The van der Waals surface area contributed by atoms with Crippen molar-refractivity contribution in [2.24, 2.45) is 5.92 Å². The Morgan fingerprint density at radius 3 is 2.65 bits per heavy atom. The Morgan fingerprint density at radius 2 is 2.10 bits per heavy atom. The van der Waals surface area contributed by atoms with Crippen LogP contribution >= 0.6 is 0 Å². The highest BCUT2D eigenvalue weighted by Gasteiger charge is 2.28. The van der Waals surface area contributed by atoms with Crippen LogP contribution in [0.25, 0.3) is 11.0 Å². The van der Waals surface area contributed by atoms with Gasteiger partial charge in [0.2, 0.25) is 0 Å². The van der Waals surface area contributed by atoms with E-state index in [-0.39, 0.29) is 5.41 Å². The van der Waals surface area contributed by atoms with Crippen molar-refractivity contribution < 1.29 is 9.90 Å². The Kier molecular flexibility index (Phi) is 2.85. The lowest BCUT2D eigenvalue weighted by Gasteiger charge is -2.20. The van der Waals surface area contributed by atoms with Gasteiger partial charge >= 0.3 is 5.97 Å². The molecule has 20 heavy (non-hydrogen) atoms. The highest BCUT2D eigenvalue weighted by atomic mass is 16.4. The van der Waals surface area contributed by atoms with Crippen LogP contribution in [-0.2, 0) is 12.0 Å². The minimum absolute atomic E-state index is 0.0443. The molecule has 0 radical (unpaired) electrons. The first kappa shape index (κ1) is 13.2. The van der Waals surface area contributed by atoms with E-state index in [0.29, 0.717) is 5.56 Å². The number of rotatable bonds is 3. The molecule has 1 aromatic heterocycles. The van der Waals surface area contributed by atoms with Crippen molar-refractivity contribution >= 4 is 17.0 Å². The van der Waals surface area contributed by atoms with E-state index in [0.717, 1.165) is 29.3 Å². The quantitative estimate of drug-likeness (QED) is 0.931. The maximum Gasteiger partial charge on any atom is 0.335 e. The second kappa shape index (κ2) is 4.33. The molecule has 4 heteroatoms. The molecule has 1 saturated carbocycles. The summed E-state index contributed by atoms with van der Waals surface area (Å²) in [5.41, 5.74) is 2.12. The van der Waals surface area contributed by atoms with Gasteiger partial charge < -0.3 is 9.67 Å². The number of aromatic carboxylic acids is 1. The first-order chi connectivity index (χ1) is 9.36. The Labute approximate surface area is 118 Å². The van der Waals surface area contributed by atoms with Crippen molar-refractivity contribution in [3.8, 4) is 0 Å². The monoisotopic (exact) mass is 272 g/mol. The number of hydrogen-bond acceptors (Lipinski definition) is 2. The van der Waals surface area contributed by atoms with Crippen LogP contribution in [0.2, 0.25) is 0 Å². The van der Waals surface area contributed by atoms with Crippen LogP contribution in [0.5, 0.6) is 0 Å². The van der Waals surface area contributed by atoms with E-state index in [1.807, 2.05) is 6.07 Å². The van der Waals surface area contributed by atoms with Gasteiger partial charge in [0, 0.05) is 12.0 Å². The molecule has 0 unspecified atom stereocenters. The fraction of sp³-hybridized carbons (Fsp3) is 0.500. The minimum Gasteiger partial charge on any atom is -0.478 e. The zero-order chi connectivity index (χ0) is 14.5. The molecule has 4 nitrogen and oxygen atoms in total. The van der Waals surface area contributed by atoms with Gasteiger partial charge in [-0.3, -0.25) is 0 Å². The summed E-state index contributed by atoms with van der Waals surface area (Å²) in [5.74, 6) is 0.882. The SMILES string of the molecule is CC(C)(C)c1nc2ccc(C(=O)O)cc2n1CC1CC1. The second-order valence-corrected chi connectivity index (χ2v) is 6.75. The number of carbonyl (C=O) groups is 1. The summed E-state index contributed by atoms with van der Waals surface area (Å²) in [6.07, 6.45) is 2.53. The summed E-state index contributed by atoms with van der Waals surface area (Å²) in [7, 11) is 0. The van der Waals surface area contributed by atoms with E-state index in [4.69, 9.17) is 10.1 Å². The summed E-state index contributed by atoms with van der Waals surface area (Å²) in [6.45, 7) is 7.40. The molecule has 0 amide bonds. The van der Waals surface area contributed by atoms with Crippen LogP contribution in [0.1, 0.15) is 49.8 Å². The summed E-state index contributed by atoms with van der Waals surface area (Å²) in [4.78, 5) is 15.9. The third-order valence-corrected chi connectivity index (χ3v) is 3.80. The summed E-state index contributed by atoms with van der Waals surface area (Å²) >= 11 is 0. The van der Waals surface area contributed by atoms with Gasteiger partial charge in [0.25, 0.3) is 0 Å². The highest BCUT2D eigenvalue weighted by molar-refractivity contribution is 5.92. The standard InChI is InChI=1S/C16H20N2O2/c1-16(2,3)15-17-12-7-6-11(14(19)20)8-13(12)18(15)9-10-4-5-10/h6-8,10H,4-5,9H2,1-3H3,(H,19,20). The van der Waals surface area contributed by atoms with E-state index in [1.165, 1.54) is 12.8 Å². The molecule has 0 spiro atoms. The van der Waals surface area contributed by atoms with Gasteiger partial charge in [-0.15, -0.1) is 0 Å². The molecule has 1 heterocycles. The largest absolute Gasteiger partial charge is 0.478 e. The number of hydrogen-bond donors (Lipinski definition) is 1. The van der Waals surface area contributed by atoms with E-state index in [2.05, 4.69) is 25.3 Å². The predicted molar refractivity (Wildman–Crippen MR) is 78.1 cm³/mol. The number of nitrogens with zero attached hydrogens (tertiary/aromatic N) is 2. The molecular formula is C16H20N2O2. The van der Waals surface area contributed by atoms with Gasteiger partial charge in [-0.25, -0.2) is 9.78 Å². The second-order valence-electron chi connectivity index (χ2n) is 6.75. The fourth-order valence-electron chi connectivity index (χ4n) is 2.57. The van der Waals surface area contributed by atoms with Crippen LogP contribution < -0.4 is 0 Å². The van der Waals surface area contributed by atoms with Crippen molar-refractivity contribution in [3.63, 3.8) is 0 Å². The minimum atomic E-state index is -0.886. The molecule has 3 rings (SSSR count). The van der Waals surface area contributed by atoms with Gasteiger partial charge in [-0.2, -0.15) is 0 Å². The number of carboxylic acids is 1. The van der Waals surface area contributed by atoms with Crippen LogP contribution in [-0.4, -0.2) is 20.6 Å². The van der Waals surface area contributed by atoms with E-state index >= 15 is 0 Å². The third-order valence-electron chi connectivity index (χ3n) is 3.80. The van der Waals surface area contributed by atoms with Crippen LogP contribution in [0.4, 0.5) is 0 Å². The molecule has 0 atom stereocenters. The zero-order valence-electron chi connectivity index (χ0n) is 12.2. The highest BCUT2D eigenvalue weighted by Crippen LogP contribution is 2.35. The molecule has 1 aliphatic rings. The van der Waals surface area contributed by atoms with Gasteiger partial charge in [-0.05, 0) is 37.0 Å².